The summed E-state index contributed by atoms with van der Waals surface area (Å²) in [5.74, 6) is 0.352. The number of hydrogen-bond acceptors (Lipinski definition) is 4. The van der Waals surface area contributed by atoms with Gasteiger partial charge in [-0.3, -0.25) is 9.78 Å². The van der Waals surface area contributed by atoms with Crippen LogP contribution in [0.3, 0.4) is 0 Å². The average molecular weight is 454 g/mol. The molecule has 4 rings (SSSR count). The molecule has 0 radical (unpaired) electrons. The highest BCUT2D eigenvalue weighted by molar-refractivity contribution is 6.32. The number of nitrogens with two attached hydrogens (primary N) is 1. The van der Waals surface area contributed by atoms with E-state index < -0.39 is 0 Å². The molecule has 1 aromatic heterocycles. The van der Waals surface area contributed by atoms with Gasteiger partial charge in [-0.15, -0.1) is 12.4 Å². The Morgan fingerprint density at radius 1 is 1.06 bits per heavy atom. The number of ether oxygens (including phenoxy) is 1. The molecule has 7 heteroatoms. The highest BCUT2D eigenvalue weighted by Crippen LogP contribution is 2.25. The number of aromatic nitrogens is 1. The van der Waals surface area contributed by atoms with Crippen LogP contribution >= 0.6 is 24.0 Å². The van der Waals surface area contributed by atoms with Crippen molar-refractivity contribution in [3.63, 3.8) is 0 Å². The molecule has 1 heterocycles. The number of benzene rings is 3. The molecular formula is C24H21Cl2N3O2. The van der Waals surface area contributed by atoms with E-state index in [-0.39, 0.29) is 24.9 Å². The number of fused-ring (bicyclic) bond motifs is 1. The first kappa shape index (κ1) is 22.4. The van der Waals surface area contributed by atoms with E-state index in [2.05, 4.69) is 10.3 Å². The summed E-state index contributed by atoms with van der Waals surface area (Å²) in [6.07, 6.45) is 0. The normalized spacial score (nSPS) is 10.4. The van der Waals surface area contributed by atoms with Crippen molar-refractivity contribution in [2.24, 2.45) is 0 Å². The van der Waals surface area contributed by atoms with Crippen molar-refractivity contribution >= 4 is 52.2 Å². The summed E-state index contributed by atoms with van der Waals surface area (Å²) < 4.78 is 5.81. The molecule has 31 heavy (non-hydrogen) atoms. The average Bonchev–Trinajstić information content (AvgIpc) is 2.74. The minimum Gasteiger partial charge on any atom is -0.487 e. The van der Waals surface area contributed by atoms with Crippen molar-refractivity contribution in [1.29, 1.82) is 0 Å². The Kier molecular flexibility index (Phi) is 7.00. The number of anilines is 2. The summed E-state index contributed by atoms with van der Waals surface area (Å²) in [4.78, 5) is 17.4. The molecule has 0 bridgehead atoms. The van der Waals surface area contributed by atoms with Crippen molar-refractivity contribution in [2.75, 3.05) is 11.1 Å². The lowest BCUT2D eigenvalue weighted by Gasteiger charge is -2.13. The molecule has 3 N–H and O–H groups in total. The van der Waals surface area contributed by atoms with Crippen molar-refractivity contribution in [2.45, 2.75) is 13.5 Å². The van der Waals surface area contributed by atoms with E-state index in [1.54, 1.807) is 18.2 Å². The molecule has 0 aliphatic rings. The predicted molar refractivity (Wildman–Crippen MR) is 128 cm³/mol. The summed E-state index contributed by atoms with van der Waals surface area (Å²) in [6.45, 7) is 2.09. The van der Waals surface area contributed by atoms with Gasteiger partial charge >= 0.3 is 0 Å². The van der Waals surface area contributed by atoms with Crippen LogP contribution in [0.4, 0.5) is 11.4 Å². The van der Waals surface area contributed by atoms with Crippen LogP contribution in [0.25, 0.3) is 10.9 Å². The van der Waals surface area contributed by atoms with Crippen LogP contribution in [0.15, 0.2) is 72.8 Å². The number of rotatable bonds is 5. The fraction of sp³-hybridized carbons (Fsp3) is 0.0833. The minimum atomic E-state index is -0.222. The lowest BCUT2D eigenvalue weighted by atomic mass is 10.1. The number of halogens is 2. The van der Waals surface area contributed by atoms with Gasteiger partial charge in [0.05, 0.1) is 21.9 Å². The maximum Gasteiger partial charge on any atom is 0.256 e. The summed E-state index contributed by atoms with van der Waals surface area (Å²) in [7, 11) is 0. The molecule has 0 unspecified atom stereocenters. The molecule has 3 aromatic carbocycles. The third-order valence-electron chi connectivity index (χ3n) is 4.78. The van der Waals surface area contributed by atoms with E-state index in [1.807, 2.05) is 61.5 Å². The Hall–Kier alpha value is -3.28. The van der Waals surface area contributed by atoms with Gasteiger partial charge in [-0.1, -0.05) is 41.9 Å². The number of carbonyl (C=O) groups excluding carboxylic acids is 1. The second-order valence-electron chi connectivity index (χ2n) is 6.90. The van der Waals surface area contributed by atoms with Gasteiger partial charge in [0, 0.05) is 22.2 Å². The zero-order chi connectivity index (χ0) is 21.1. The molecule has 0 fully saturated rings. The molecule has 0 aliphatic heterocycles. The number of para-hydroxylation sites is 1. The van der Waals surface area contributed by atoms with E-state index >= 15 is 0 Å². The highest BCUT2D eigenvalue weighted by Gasteiger charge is 2.13. The Morgan fingerprint density at radius 2 is 1.81 bits per heavy atom. The van der Waals surface area contributed by atoms with Crippen molar-refractivity contribution in [3.05, 3.63) is 94.6 Å². The molecule has 1 amide bonds. The molecule has 158 valence electrons. The topological polar surface area (TPSA) is 77.2 Å². The van der Waals surface area contributed by atoms with Gasteiger partial charge in [-0.2, -0.15) is 0 Å². The van der Waals surface area contributed by atoms with Gasteiger partial charge in [0.1, 0.15) is 12.4 Å². The number of nitrogens with one attached hydrogen (secondary N) is 1. The van der Waals surface area contributed by atoms with Crippen LogP contribution in [-0.2, 0) is 6.61 Å². The van der Waals surface area contributed by atoms with E-state index in [4.69, 9.17) is 22.1 Å². The number of hydrogen-bond donors (Lipinski definition) is 2. The summed E-state index contributed by atoms with van der Waals surface area (Å²) in [5.41, 5.74) is 10.2. The first-order chi connectivity index (χ1) is 14.5. The Bertz CT molecular complexity index is 1240. The second kappa shape index (κ2) is 9.69. The first-order valence-electron chi connectivity index (χ1n) is 9.45. The van der Waals surface area contributed by atoms with E-state index in [0.29, 0.717) is 27.7 Å². The lowest BCUT2D eigenvalue weighted by molar-refractivity contribution is 0.102. The summed E-state index contributed by atoms with van der Waals surface area (Å²) in [5, 5.41) is 4.34. The third-order valence-corrected chi connectivity index (χ3v) is 5.10. The number of aryl methyl sites for hydroxylation is 1. The van der Waals surface area contributed by atoms with E-state index in [0.717, 1.165) is 22.2 Å². The summed E-state index contributed by atoms with van der Waals surface area (Å²) >= 11 is 6.15. The molecule has 0 spiro atoms. The molecule has 0 aliphatic carbocycles. The van der Waals surface area contributed by atoms with Crippen LogP contribution in [-0.4, -0.2) is 10.9 Å². The maximum atomic E-state index is 12.9. The Labute approximate surface area is 191 Å². The monoisotopic (exact) mass is 453 g/mol. The molecule has 0 atom stereocenters. The second-order valence-corrected chi connectivity index (χ2v) is 7.31. The van der Waals surface area contributed by atoms with Gasteiger partial charge in [0.25, 0.3) is 5.91 Å². The zero-order valence-electron chi connectivity index (χ0n) is 16.8. The molecule has 5 nitrogen and oxygen atoms in total. The van der Waals surface area contributed by atoms with Gasteiger partial charge in [0.15, 0.2) is 0 Å². The van der Waals surface area contributed by atoms with Crippen LogP contribution in [0.5, 0.6) is 5.75 Å². The van der Waals surface area contributed by atoms with Gasteiger partial charge in [-0.25, -0.2) is 0 Å². The standard InChI is InChI=1S/C24H20ClN3O2.ClH/c1-15-21(26)13-17-12-18(10-11-22(17)27-15)28-24(29)19-7-3-2-6-16(19)14-30-23-9-5-4-8-20(23)25;/h2-13H,14,26H2,1H3,(H,28,29);1H. The number of amides is 1. The zero-order valence-corrected chi connectivity index (χ0v) is 18.3. The Balaban J connectivity index is 0.00000272. The van der Waals surface area contributed by atoms with Crippen molar-refractivity contribution in [1.82, 2.24) is 4.98 Å². The van der Waals surface area contributed by atoms with E-state index in [1.165, 1.54) is 0 Å². The Morgan fingerprint density at radius 3 is 2.61 bits per heavy atom. The maximum absolute atomic E-state index is 12.9. The summed E-state index contributed by atoms with van der Waals surface area (Å²) in [6, 6.07) is 22.0. The van der Waals surface area contributed by atoms with Crippen molar-refractivity contribution in [3.8, 4) is 5.75 Å². The fourth-order valence-electron chi connectivity index (χ4n) is 3.15. The number of nitrogen functional groups attached to an aromatic ring is 1. The van der Waals surface area contributed by atoms with Crippen molar-refractivity contribution < 1.29 is 9.53 Å². The van der Waals surface area contributed by atoms with Gasteiger partial charge in [-0.05, 0) is 49.4 Å². The number of carbonyl (C=O) groups is 1. The number of nitrogens with zero attached hydrogens (tertiary/aromatic N) is 1. The SMILES string of the molecule is Cc1nc2ccc(NC(=O)c3ccccc3COc3ccccc3Cl)cc2cc1N.Cl. The molecule has 4 aromatic rings. The molecule has 0 saturated heterocycles. The quantitative estimate of drug-likeness (QED) is 0.386. The van der Waals surface area contributed by atoms with Crippen LogP contribution in [0, 0.1) is 6.92 Å². The predicted octanol–water partition coefficient (Wildman–Crippen LogP) is 6.03. The van der Waals surface area contributed by atoms with Gasteiger partial charge in [0.2, 0.25) is 0 Å². The molecule has 0 saturated carbocycles. The van der Waals surface area contributed by atoms with Crippen LogP contribution in [0.2, 0.25) is 5.02 Å². The van der Waals surface area contributed by atoms with Crippen LogP contribution < -0.4 is 15.8 Å². The first-order valence-corrected chi connectivity index (χ1v) is 9.82. The van der Waals surface area contributed by atoms with E-state index in [9.17, 15) is 4.79 Å². The van der Waals surface area contributed by atoms with Gasteiger partial charge < -0.3 is 15.8 Å². The lowest BCUT2D eigenvalue weighted by Crippen LogP contribution is -2.15. The minimum absolute atomic E-state index is 0. The molecular weight excluding hydrogens is 433 g/mol. The smallest absolute Gasteiger partial charge is 0.256 e. The highest BCUT2D eigenvalue weighted by atomic mass is 35.5. The van der Waals surface area contributed by atoms with Crippen LogP contribution in [0.1, 0.15) is 21.6 Å². The third kappa shape index (κ3) is 5.08. The largest absolute Gasteiger partial charge is 0.487 e. The fourth-order valence-corrected chi connectivity index (χ4v) is 3.34. The number of pyridine rings is 1.